The lowest BCUT2D eigenvalue weighted by Gasteiger charge is -2.39. The summed E-state index contributed by atoms with van der Waals surface area (Å²) in [7, 11) is 0. The van der Waals surface area contributed by atoms with Crippen molar-refractivity contribution in [1.82, 2.24) is 30.7 Å². The van der Waals surface area contributed by atoms with Crippen LogP contribution in [0.5, 0.6) is 23.0 Å². The summed E-state index contributed by atoms with van der Waals surface area (Å²) < 4.78 is 45.5. The van der Waals surface area contributed by atoms with Gasteiger partial charge in [-0.1, -0.05) is 86.5 Å². The van der Waals surface area contributed by atoms with Gasteiger partial charge in [-0.05, 0) is 71.2 Å². The number of nitrogens with zero attached hydrogens (tertiary/aromatic N) is 4. The first-order chi connectivity index (χ1) is 43.2. The topological polar surface area (TPSA) is 374 Å². The number of phenolic OH excluding ortho intramolecular Hbond substituents is 2. The highest BCUT2D eigenvalue weighted by Crippen LogP contribution is 2.47. The number of aliphatic hydroxyl groups excluding tert-OH is 8. The van der Waals surface area contributed by atoms with Crippen molar-refractivity contribution in [2.45, 2.75) is 128 Å². The van der Waals surface area contributed by atoms with Gasteiger partial charge in [0.1, 0.15) is 71.8 Å². The number of aromatic hydroxyl groups is 2. The van der Waals surface area contributed by atoms with E-state index >= 15 is 0 Å². The lowest BCUT2D eigenvalue weighted by atomic mass is 9.93. The average Bonchev–Trinajstić information content (AvgIpc) is 1.57. The third-order valence-corrected chi connectivity index (χ3v) is 16.2. The molecule has 4 fully saturated rings. The van der Waals surface area contributed by atoms with Crippen LogP contribution in [0, 0.1) is 0 Å². The third-order valence-electron chi connectivity index (χ3n) is 16.2. The number of ether oxygens (including phenoxy) is 6. The first kappa shape index (κ1) is 67.3. The van der Waals surface area contributed by atoms with Crippen LogP contribution in [0.2, 0.25) is 0 Å². The Morgan fingerprint density at radius 2 is 0.944 bits per heavy atom. The molecule has 0 saturated carbocycles. The number of benzene rings is 4. The van der Waals surface area contributed by atoms with Crippen molar-refractivity contribution < 1.29 is 98.1 Å². The van der Waals surface area contributed by atoms with E-state index in [1.54, 1.807) is 26.0 Å². The van der Waals surface area contributed by atoms with Crippen molar-refractivity contribution in [2.75, 3.05) is 78.9 Å². The predicted octanol–water partition coefficient (Wildman–Crippen LogP) is 3.20. The van der Waals surface area contributed by atoms with Crippen LogP contribution in [0.15, 0.2) is 81.8 Å². The van der Waals surface area contributed by atoms with Gasteiger partial charge >= 0.3 is 0 Å². The zero-order chi connectivity index (χ0) is 64.5. The maximum absolute atomic E-state index is 13.2. The molecule has 4 saturated heterocycles. The van der Waals surface area contributed by atoms with Crippen molar-refractivity contribution in [3.8, 4) is 67.9 Å². The summed E-state index contributed by atoms with van der Waals surface area (Å²) in [5.41, 5.74) is 6.10. The molecule has 2 aromatic heterocycles. The van der Waals surface area contributed by atoms with E-state index in [1.165, 1.54) is 12.1 Å². The van der Waals surface area contributed by atoms with Crippen LogP contribution in [0.25, 0.3) is 44.9 Å². The quantitative estimate of drug-likeness (QED) is 0.0522. The Morgan fingerprint density at radius 3 is 1.36 bits per heavy atom. The van der Waals surface area contributed by atoms with Crippen molar-refractivity contribution in [3.05, 3.63) is 106 Å². The second-order valence-corrected chi connectivity index (χ2v) is 23.1. The summed E-state index contributed by atoms with van der Waals surface area (Å²) in [5.74, 6) is -1.05. The Morgan fingerprint density at radius 1 is 0.544 bits per heavy atom. The normalized spacial score (nSPS) is 24.1. The first-order valence-electron chi connectivity index (χ1n) is 30.3. The van der Waals surface area contributed by atoms with E-state index in [9.17, 15) is 60.7 Å². The molecule has 6 heterocycles. The Balaban J connectivity index is 0.000000213. The minimum absolute atomic E-state index is 0.00924. The number of aromatic nitrogens is 2. The molecule has 0 radical (unpaired) electrons. The molecule has 0 spiro atoms. The molecule has 4 aliphatic heterocycles. The smallest absolute Gasteiger partial charge is 0.274 e. The van der Waals surface area contributed by atoms with Gasteiger partial charge in [0.05, 0.1) is 61.9 Å². The summed E-state index contributed by atoms with van der Waals surface area (Å²) in [4.78, 5) is 30.8. The van der Waals surface area contributed by atoms with E-state index in [-0.39, 0.29) is 63.3 Å². The number of hydrogen-bond donors (Lipinski definition) is 12. The van der Waals surface area contributed by atoms with E-state index in [2.05, 4.69) is 30.7 Å². The molecule has 0 bridgehead atoms. The van der Waals surface area contributed by atoms with Crippen LogP contribution < -0.4 is 20.1 Å². The van der Waals surface area contributed by atoms with Gasteiger partial charge in [-0.2, -0.15) is 0 Å². The van der Waals surface area contributed by atoms with Crippen LogP contribution in [0.3, 0.4) is 0 Å². The average molecular weight is 1260 g/mol. The summed E-state index contributed by atoms with van der Waals surface area (Å²) >= 11 is 0. The highest BCUT2D eigenvalue weighted by Gasteiger charge is 2.47. The highest BCUT2D eigenvalue weighted by molar-refractivity contribution is 6.03. The molecule has 6 aromatic rings. The fourth-order valence-electron chi connectivity index (χ4n) is 11.1. The molecule has 4 aromatic carbocycles. The zero-order valence-corrected chi connectivity index (χ0v) is 51.1. The van der Waals surface area contributed by atoms with Crippen LogP contribution in [0.4, 0.5) is 0 Å². The molecule has 488 valence electrons. The molecule has 10 rings (SSSR count). The molecule has 90 heavy (non-hydrogen) atoms. The Kier molecular flexibility index (Phi) is 22.7. The minimum atomic E-state index is -1.69. The van der Waals surface area contributed by atoms with Crippen LogP contribution >= 0.6 is 0 Å². The summed E-state index contributed by atoms with van der Waals surface area (Å²) in [6.07, 6.45) is -15.1. The van der Waals surface area contributed by atoms with E-state index in [1.807, 2.05) is 76.2 Å². The highest BCUT2D eigenvalue weighted by atomic mass is 16.7. The fraction of sp³-hybridized carbons (Fsp3) is 0.500. The summed E-state index contributed by atoms with van der Waals surface area (Å²) in [6, 6.07) is 21.4. The van der Waals surface area contributed by atoms with E-state index < -0.39 is 86.4 Å². The molecule has 1 unspecified atom stereocenters. The van der Waals surface area contributed by atoms with Crippen molar-refractivity contribution >= 4 is 11.8 Å². The van der Waals surface area contributed by atoms with Gasteiger partial charge in [-0.15, -0.1) is 0 Å². The van der Waals surface area contributed by atoms with Gasteiger partial charge < -0.3 is 99.2 Å². The van der Waals surface area contributed by atoms with Gasteiger partial charge in [0.25, 0.3) is 11.8 Å². The monoisotopic (exact) mass is 1250 g/mol. The van der Waals surface area contributed by atoms with Gasteiger partial charge in [-0.3, -0.25) is 19.4 Å². The zero-order valence-electron chi connectivity index (χ0n) is 51.1. The third kappa shape index (κ3) is 15.1. The number of morpholine rings is 2. The van der Waals surface area contributed by atoms with E-state index in [0.717, 1.165) is 50.4 Å². The Labute approximate surface area is 520 Å². The standard InChI is InChI=1S/2C32H41N3O10/c1-4-33-31(41)26-25(19-7-5-18(6-8-19)15-35-9-11-42-12-10-35)30(45-34-26)21-13-20(17(2)3)23(14-22(21)37)43-32-29(40)28(39)27(38)24(16-36)44-32;1-4-33-31(41)26-25(19-7-5-18(6-8-19)15-35-9-11-42-12-10-35)30(45-34-26)21-13-20(17(2)3)22(37)14-23(21)43-32-29(40)28(39)27(38)24(16-36)44-32/h2*5-8,13-14,17,24,27-29,32,36-40H,4,9-12,15-16H2,1-3H3,(H,33,41)/t24-,27+,28+,29-,32-;24-,27+,28+,29-,32?/m11/s1. The summed E-state index contributed by atoms with van der Waals surface area (Å²) in [5, 5.41) is 117. The second kappa shape index (κ2) is 30.3. The lowest BCUT2D eigenvalue weighted by Crippen LogP contribution is -2.60. The number of nitrogens with one attached hydrogen (secondary N) is 2. The number of carbonyl (C=O) groups excluding carboxylic acids is 2. The number of phenols is 2. The molecule has 4 aliphatic rings. The number of rotatable bonds is 20. The molecule has 0 aliphatic carbocycles. The van der Waals surface area contributed by atoms with Crippen LogP contribution in [-0.4, -0.2) is 223 Å². The second-order valence-electron chi connectivity index (χ2n) is 23.1. The van der Waals surface area contributed by atoms with Crippen LogP contribution in [0.1, 0.15) is 96.6 Å². The van der Waals surface area contributed by atoms with Crippen LogP contribution in [-0.2, 0) is 32.0 Å². The van der Waals surface area contributed by atoms with Gasteiger partial charge in [0, 0.05) is 64.5 Å². The maximum atomic E-state index is 13.2. The number of amides is 2. The summed E-state index contributed by atoms with van der Waals surface area (Å²) in [6.45, 7) is 18.3. The molecule has 10 atom stereocenters. The predicted molar refractivity (Wildman–Crippen MR) is 323 cm³/mol. The van der Waals surface area contributed by atoms with Crippen molar-refractivity contribution in [2.24, 2.45) is 0 Å². The van der Waals surface area contributed by atoms with Crippen molar-refractivity contribution in [3.63, 3.8) is 0 Å². The molecular formula is C64H82N6O20. The molecule has 26 nitrogen and oxygen atoms in total. The van der Waals surface area contributed by atoms with E-state index in [0.29, 0.717) is 78.5 Å². The lowest BCUT2D eigenvalue weighted by molar-refractivity contribution is -0.277. The van der Waals surface area contributed by atoms with E-state index in [4.69, 9.17) is 37.5 Å². The number of carbonyl (C=O) groups is 2. The van der Waals surface area contributed by atoms with Gasteiger partial charge in [0.2, 0.25) is 12.6 Å². The Hall–Kier alpha value is -7.12. The Bertz CT molecular complexity index is 3340. The maximum Gasteiger partial charge on any atom is 0.274 e. The van der Waals surface area contributed by atoms with Gasteiger partial charge in [-0.25, -0.2) is 0 Å². The number of hydrogen-bond acceptors (Lipinski definition) is 24. The fourth-order valence-corrected chi connectivity index (χ4v) is 11.1. The first-order valence-corrected chi connectivity index (χ1v) is 30.3. The minimum Gasteiger partial charge on any atom is -0.508 e. The largest absolute Gasteiger partial charge is 0.508 e. The SMILES string of the molecule is CCNC(=O)c1noc(-c2cc(C(C)C)c(O)cc2OC2O[C@H](CO)[C@H](O)[C@H](O)[C@H]2O)c1-c1ccc(CN2CCOCC2)cc1.CCNC(=O)c1noc(-c2cc(C(C)C)c(O[C@@H]3O[C@H](CO)[C@H](O)[C@H](O)[C@H]3O)cc2O)c1-c1ccc(CN2CCOCC2)cc1. The van der Waals surface area contributed by atoms with Gasteiger partial charge in [0.15, 0.2) is 22.9 Å². The molecule has 12 N–H and O–H groups in total. The molecule has 26 heteroatoms. The number of aliphatic hydroxyl groups is 8. The molecule has 2 amide bonds. The molecular weight excluding hydrogens is 1170 g/mol. The van der Waals surface area contributed by atoms with Crippen molar-refractivity contribution in [1.29, 1.82) is 0 Å².